The number of hydrogen-bond donors (Lipinski definition) is 2. The first-order chi connectivity index (χ1) is 11.7. The Bertz CT molecular complexity index is 331. The standard InChI is InChI=1S/C18H37N3O3/c1-5-19-18(20-10-9-17(15(3)4)23-6-2)21-11-13-22-14-16-8-7-12-24-16/h15-17H,5-14H2,1-4H3,(H2,19,20,21). The van der Waals surface area contributed by atoms with Crippen LogP contribution in [0, 0.1) is 5.92 Å². The molecule has 1 aliphatic heterocycles. The van der Waals surface area contributed by atoms with Crippen LogP contribution in [-0.2, 0) is 14.2 Å². The quantitative estimate of drug-likeness (QED) is 0.323. The van der Waals surface area contributed by atoms with E-state index >= 15 is 0 Å². The van der Waals surface area contributed by atoms with Crippen molar-refractivity contribution in [2.75, 3.05) is 46.1 Å². The van der Waals surface area contributed by atoms with Crippen LogP contribution >= 0.6 is 0 Å². The normalized spacial score (nSPS) is 19.7. The molecule has 24 heavy (non-hydrogen) atoms. The molecule has 1 rings (SSSR count). The number of nitrogens with one attached hydrogen (secondary N) is 2. The summed E-state index contributed by atoms with van der Waals surface area (Å²) in [6, 6.07) is 0. The molecule has 1 saturated heterocycles. The van der Waals surface area contributed by atoms with Gasteiger partial charge in [0.15, 0.2) is 5.96 Å². The molecule has 6 heteroatoms. The molecule has 2 unspecified atom stereocenters. The van der Waals surface area contributed by atoms with Crippen LogP contribution in [0.25, 0.3) is 0 Å². The van der Waals surface area contributed by atoms with E-state index in [9.17, 15) is 0 Å². The second kappa shape index (κ2) is 13.4. The van der Waals surface area contributed by atoms with Gasteiger partial charge in [-0.3, -0.25) is 4.99 Å². The molecule has 0 aromatic rings. The largest absolute Gasteiger partial charge is 0.378 e. The predicted octanol–water partition coefficient (Wildman–Crippen LogP) is 2.19. The summed E-state index contributed by atoms with van der Waals surface area (Å²) in [7, 11) is 0. The van der Waals surface area contributed by atoms with Crippen molar-refractivity contribution >= 4 is 5.96 Å². The van der Waals surface area contributed by atoms with Gasteiger partial charge >= 0.3 is 0 Å². The lowest BCUT2D eigenvalue weighted by molar-refractivity contribution is 0.0191. The van der Waals surface area contributed by atoms with Crippen molar-refractivity contribution in [3.8, 4) is 0 Å². The minimum absolute atomic E-state index is 0.274. The third-order valence-electron chi connectivity index (χ3n) is 4.02. The first-order valence-corrected chi connectivity index (χ1v) is 9.50. The second-order valence-electron chi connectivity index (χ2n) is 6.42. The Balaban J connectivity index is 2.20. The maximum atomic E-state index is 5.77. The van der Waals surface area contributed by atoms with Crippen molar-refractivity contribution in [2.45, 2.75) is 59.2 Å². The molecule has 0 bridgehead atoms. The zero-order valence-corrected chi connectivity index (χ0v) is 16.0. The molecule has 0 spiro atoms. The Morgan fingerprint density at radius 3 is 2.75 bits per heavy atom. The van der Waals surface area contributed by atoms with Crippen LogP contribution in [0.3, 0.4) is 0 Å². The molecule has 142 valence electrons. The van der Waals surface area contributed by atoms with E-state index in [0.29, 0.717) is 25.2 Å². The van der Waals surface area contributed by atoms with Gasteiger partial charge in [-0.2, -0.15) is 0 Å². The molecule has 0 aliphatic carbocycles. The van der Waals surface area contributed by atoms with Crippen molar-refractivity contribution in [1.82, 2.24) is 10.6 Å². The van der Waals surface area contributed by atoms with Crippen molar-refractivity contribution in [2.24, 2.45) is 10.9 Å². The number of nitrogens with zero attached hydrogens (tertiary/aromatic N) is 1. The van der Waals surface area contributed by atoms with E-state index in [1.54, 1.807) is 0 Å². The summed E-state index contributed by atoms with van der Waals surface area (Å²) in [5.41, 5.74) is 0. The number of ether oxygens (including phenoxy) is 3. The summed E-state index contributed by atoms with van der Waals surface area (Å²) in [6.45, 7) is 13.8. The Morgan fingerprint density at radius 1 is 1.29 bits per heavy atom. The summed E-state index contributed by atoms with van der Waals surface area (Å²) in [4.78, 5) is 4.63. The highest BCUT2D eigenvalue weighted by Crippen LogP contribution is 2.12. The Labute approximate surface area is 147 Å². The summed E-state index contributed by atoms with van der Waals surface area (Å²) in [6.07, 6.45) is 3.78. The van der Waals surface area contributed by atoms with Crippen LogP contribution in [0.5, 0.6) is 0 Å². The fraction of sp³-hybridized carbons (Fsp3) is 0.944. The zero-order chi connectivity index (χ0) is 17.6. The maximum Gasteiger partial charge on any atom is 0.191 e. The zero-order valence-electron chi connectivity index (χ0n) is 16.0. The van der Waals surface area contributed by atoms with Crippen LogP contribution in [-0.4, -0.2) is 64.2 Å². The van der Waals surface area contributed by atoms with Crippen LogP contribution in [0.1, 0.15) is 47.0 Å². The van der Waals surface area contributed by atoms with E-state index in [1.807, 2.05) is 6.92 Å². The highest BCUT2D eigenvalue weighted by atomic mass is 16.5. The third-order valence-corrected chi connectivity index (χ3v) is 4.02. The molecule has 0 radical (unpaired) electrons. The molecule has 1 aliphatic rings. The summed E-state index contributed by atoms with van der Waals surface area (Å²) in [5.74, 6) is 1.36. The fourth-order valence-electron chi connectivity index (χ4n) is 2.70. The minimum Gasteiger partial charge on any atom is -0.378 e. The van der Waals surface area contributed by atoms with Gasteiger partial charge in [0.25, 0.3) is 0 Å². The average molecular weight is 344 g/mol. The van der Waals surface area contributed by atoms with Crippen molar-refractivity contribution in [1.29, 1.82) is 0 Å². The van der Waals surface area contributed by atoms with Crippen LogP contribution < -0.4 is 10.6 Å². The lowest BCUT2D eigenvalue weighted by Crippen LogP contribution is -2.39. The molecule has 0 aromatic heterocycles. The highest BCUT2D eigenvalue weighted by Gasteiger charge is 2.15. The molecule has 2 N–H and O–H groups in total. The first-order valence-electron chi connectivity index (χ1n) is 9.50. The lowest BCUT2D eigenvalue weighted by Gasteiger charge is -2.20. The number of aliphatic imine (C=N–C) groups is 1. The van der Waals surface area contributed by atoms with Gasteiger partial charge in [-0.05, 0) is 39.0 Å². The molecule has 0 amide bonds. The average Bonchev–Trinajstić information content (AvgIpc) is 3.06. The number of hydrogen-bond acceptors (Lipinski definition) is 4. The van der Waals surface area contributed by atoms with E-state index in [4.69, 9.17) is 14.2 Å². The SMILES string of the molecule is CCNC(=NCCC(OCC)C(C)C)NCCOCC1CCCO1. The minimum atomic E-state index is 0.274. The molecule has 0 aromatic carbocycles. The molecular formula is C18H37N3O3. The Hall–Kier alpha value is -0.850. The Kier molecular flexibility index (Phi) is 11.9. The van der Waals surface area contributed by atoms with Gasteiger partial charge in [0.05, 0.1) is 25.4 Å². The van der Waals surface area contributed by atoms with Gasteiger partial charge < -0.3 is 24.8 Å². The van der Waals surface area contributed by atoms with Crippen LogP contribution in [0.15, 0.2) is 4.99 Å². The van der Waals surface area contributed by atoms with Gasteiger partial charge in [0, 0.05) is 32.8 Å². The van der Waals surface area contributed by atoms with E-state index in [0.717, 1.165) is 58.1 Å². The maximum absolute atomic E-state index is 5.77. The van der Waals surface area contributed by atoms with Gasteiger partial charge in [-0.25, -0.2) is 0 Å². The smallest absolute Gasteiger partial charge is 0.191 e. The van der Waals surface area contributed by atoms with Gasteiger partial charge in [-0.1, -0.05) is 13.8 Å². The molecule has 1 heterocycles. The number of guanidine groups is 1. The fourth-order valence-corrected chi connectivity index (χ4v) is 2.70. The topological polar surface area (TPSA) is 64.1 Å². The number of rotatable bonds is 12. The van der Waals surface area contributed by atoms with Gasteiger partial charge in [-0.15, -0.1) is 0 Å². The van der Waals surface area contributed by atoms with E-state index < -0.39 is 0 Å². The summed E-state index contributed by atoms with van der Waals surface area (Å²) < 4.78 is 17.0. The summed E-state index contributed by atoms with van der Waals surface area (Å²) in [5, 5.41) is 6.58. The second-order valence-corrected chi connectivity index (χ2v) is 6.42. The van der Waals surface area contributed by atoms with Crippen LogP contribution in [0.4, 0.5) is 0 Å². The molecule has 1 fully saturated rings. The third kappa shape index (κ3) is 9.45. The van der Waals surface area contributed by atoms with Crippen molar-refractivity contribution < 1.29 is 14.2 Å². The van der Waals surface area contributed by atoms with E-state index in [2.05, 4.69) is 36.4 Å². The predicted molar refractivity (Wildman–Crippen MR) is 98.6 cm³/mol. The van der Waals surface area contributed by atoms with E-state index in [1.165, 1.54) is 0 Å². The van der Waals surface area contributed by atoms with E-state index in [-0.39, 0.29) is 6.10 Å². The van der Waals surface area contributed by atoms with Gasteiger partial charge in [0.1, 0.15) is 0 Å². The Morgan fingerprint density at radius 2 is 2.12 bits per heavy atom. The summed E-state index contributed by atoms with van der Waals surface area (Å²) >= 11 is 0. The highest BCUT2D eigenvalue weighted by molar-refractivity contribution is 5.79. The first kappa shape index (κ1) is 21.2. The van der Waals surface area contributed by atoms with Crippen molar-refractivity contribution in [3.05, 3.63) is 0 Å². The van der Waals surface area contributed by atoms with Crippen molar-refractivity contribution in [3.63, 3.8) is 0 Å². The lowest BCUT2D eigenvalue weighted by atomic mass is 10.0. The molecule has 0 saturated carbocycles. The molecular weight excluding hydrogens is 306 g/mol. The van der Waals surface area contributed by atoms with Crippen LogP contribution in [0.2, 0.25) is 0 Å². The molecule has 6 nitrogen and oxygen atoms in total. The molecule has 2 atom stereocenters. The van der Waals surface area contributed by atoms with Gasteiger partial charge in [0.2, 0.25) is 0 Å². The monoisotopic (exact) mass is 343 g/mol.